The molecular weight excluding hydrogens is 274 g/mol. The summed E-state index contributed by atoms with van der Waals surface area (Å²) < 4.78 is 1.16. The number of anilines is 1. The molecule has 0 aliphatic heterocycles. The van der Waals surface area contributed by atoms with Crippen molar-refractivity contribution in [3.63, 3.8) is 0 Å². The van der Waals surface area contributed by atoms with Gasteiger partial charge in [-0.05, 0) is 12.1 Å². The van der Waals surface area contributed by atoms with Gasteiger partial charge in [0.05, 0.1) is 10.6 Å². The Labute approximate surface area is 112 Å². The van der Waals surface area contributed by atoms with Crippen LogP contribution < -0.4 is 5.32 Å². The lowest BCUT2D eigenvalue weighted by atomic mass is 10.4. The third-order valence-corrected chi connectivity index (χ3v) is 2.47. The number of rotatable bonds is 4. The van der Waals surface area contributed by atoms with Crippen LogP contribution in [0.2, 0.25) is 5.15 Å². The van der Waals surface area contributed by atoms with E-state index in [9.17, 15) is 14.9 Å². The molecule has 0 saturated carbocycles. The summed E-state index contributed by atoms with van der Waals surface area (Å²) in [7, 11) is 0. The molecule has 2 rings (SSSR count). The molecule has 0 atom stereocenters. The summed E-state index contributed by atoms with van der Waals surface area (Å²) in [5.74, 6) is -0.409. The second-order valence-electron chi connectivity index (χ2n) is 3.54. The number of aromatic nitrogens is 3. The maximum atomic E-state index is 11.7. The van der Waals surface area contributed by atoms with E-state index in [0.29, 0.717) is 5.69 Å². The van der Waals surface area contributed by atoms with Crippen LogP contribution in [0.5, 0.6) is 0 Å². The van der Waals surface area contributed by atoms with Gasteiger partial charge in [-0.15, -0.1) is 0 Å². The van der Waals surface area contributed by atoms with Crippen molar-refractivity contribution in [3.8, 4) is 0 Å². The Hall–Kier alpha value is -2.48. The fourth-order valence-electron chi connectivity index (χ4n) is 1.35. The lowest BCUT2D eigenvalue weighted by Crippen LogP contribution is -2.19. The van der Waals surface area contributed by atoms with Crippen LogP contribution in [-0.2, 0) is 11.3 Å². The summed E-state index contributed by atoms with van der Waals surface area (Å²) in [6.45, 7) is -0.154. The molecule has 98 valence electrons. The van der Waals surface area contributed by atoms with E-state index in [2.05, 4.69) is 15.4 Å². The van der Waals surface area contributed by atoms with Crippen molar-refractivity contribution in [2.75, 3.05) is 5.32 Å². The van der Waals surface area contributed by atoms with Crippen molar-refractivity contribution in [3.05, 3.63) is 46.0 Å². The molecule has 19 heavy (non-hydrogen) atoms. The Kier molecular flexibility index (Phi) is 3.71. The highest BCUT2D eigenvalue weighted by atomic mass is 35.5. The first-order chi connectivity index (χ1) is 9.06. The van der Waals surface area contributed by atoms with E-state index in [1.54, 1.807) is 12.1 Å². The molecule has 2 aromatic heterocycles. The molecule has 0 unspecified atom stereocenters. The Morgan fingerprint density at radius 2 is 2.37 bits per heavy atom. The molecule has 2 heterocycles. The zero-order chi connectivity index (χ0) is 13.8. The first-order valence-corrected chi connectivity index (χ1v) is 5.51. The monoisotopic (exact) mass is 281 g/mol. The minimum atomic E-state index is -0.584. The minimum Gasteiger partial charge on any atom is -0.322 e. The van der Waals surface area contributed by atoms with Crippen LogP contribution in [0.25, 0.3) is 0 Å². The van der Waals surface area contributed by atoms with Gasteiger partial charge in [0.1, 0.15) is 18.9 Å². The highest BCUT2D eigenvalue weighted by Crippen LogP contribution is 2.17. The van der Waals surface area contributed by atoms with Crippen molar-refractivity contribution in [1.82, 2.24) is 14.8 Å². The normalized spacial score (nSPS) is 10.2. The number of nitrogens with one attached hydrogen (secondary N) is 1. The van der Waals surface area contributed by atoms with Gasteiger partial charge in [-0.2, -0.15) is 5.10 Å². The summed E-state index contributed by atoms with van der Waals surface area (Å²) in [6.07, 6.45) is 3.74. The van der Waals surface area contributed by atoms with Gasteiger partial charge in [0, 0.05) is 6.20 Å². The largest absolute Gasteiger partial charge is 0.322 e. The van der Waals surface area contributed by atoms with Crippen molar-refractivity contribution in [2.24, 2.45) is 0 Å². The second-order valence-corrected chi connectivity index (χ2v) is 3.90. The molecule has 9 heteroatoms. The van der Waals surface area contributed by atoms with Crippen molar-refractivity contribution >= 4 is 28.9 Å². The van der Waals surface area contributed by atoms with E-state index >= 15 is 0 Å². The summed E-state index contributed by atoms with van der Waals surface area (Å²) in [6, 6.07) is 3.22. The first-order valence-electron chi connectivity index (χ1n) is 5.13. The van der Waals surface area contributed by atoms with Crippen LogP contribution in [-0.4, -0.2) is 25.6 Å². The molecule has 0 aliphatic rings. The third kappa shape index (κ3) is 3.26. The molecule has 0 radical (unpaired) electrons. The van der Waals surface area contributed by atoms with Crippen LogP contribution in [0.3, 0.4) is 0 Å². The zero-order valence-electron chi connectivity index (χ0n) is 9.49. The molecular formula is C10H8ClN5O3. The predicted molar refractivity (Wildman–Crippen MR) is 66.8 cm³/mol. The van der Waals surface area contributed by atoms with Gasteiger partial charge in [-0.3, -0.25) is 19.6 Å². The van der Waals surface area contributed by atoms with Crippen LogP contribution in [0, 0.1) is 10.1 Å². The molecule has 0 fully saturated rings. The SMILES string of the molecule is O=C(Cn1cc([N+](=O)[O-])cn1)Nc1cccnc1Cl. The number of carbonyl (C=O) groups is 1. The van der Waals surface area contributed by atoms with E-state index in [1.807, 2.05) is 0 Å². The lowest BCUT2D eigenvalue weighted by molar-refractivity contribution is -0.385. The Morgan fingerprint density at radius 1 is 1.58 bits per heavy atom. The van der Waals surface area contributed by atoms with E-state index in [1.165, 1.54) is 12.4 Å². The Morgan fingerprint density at radius 3 is 3.00 bits per heavy atom. The molecule has 8 nitrogen and oxygen atoms in total. The predicted octanol–water partition coefficient (Wildman–Crippen LogP) is 1.48. The van der Waals surface area contributed by atoms with Gasteiger partial charge in [0.25, 0.3) is 0 Å². The number of halogens is 1. The smallest absolute Gasteiger partial charge is 0.307 e. The quantitative estimate of drug-likeness (QED) is 0.519. The van der Waals surface area contributed by atoms with Gasteiger partial charge in [-0.25, -0.2) is 4.98 Å². The molecule has 2 aromatic rings. The lowest BCUT2D eigenvalue weighted by Gasteiger charge is -2.05. The Bertz CT molecular complexity index is 627. The highest BCUT2D eigenvalue weighted by molar-refractivity contribution is 6.32. The van der Waals surface area contributed by atoms with Gasteiger partial charge >= 0.3 is 5.69 Å². The fourth-order valence-corrected chi connectivity index (χ4v) is 1.52. The number of nitrogens with zero attached hydrogens (tertiary/aromatic N) is 4. The van der Waals surface area contributed by atoms with Crippen molar-refractivity contribution in [1.29, 1.82) is 0 Å². The molecule has 0 spiro atoms. The molecule has 1 amide bonds. The number of nitro groups is 1. The van der Waals surface area contributed by atoms with Gasteiger partial charge in [0.2, 0.25) is 5.91 Å². The maximum Gasteiger partial charge on any atom is 0.307 e. The molecule has 0 saturated heterocycles. The van der Waals surface area contributed by atoms with E-state index < -0.39 is 10.8 Å². The van der Waals surface area contributed by atoms with E-state index in [4.69, 9.17) is 11.6 Å². The number of amides is 1. The van der Waals surface area contributed by atoms with E-state index in [0.717, 1.165) is 10.9 Å². The highest BCUT2D eigenvalue weighted by Gasteiger charge is 2.12. The van der Waals surface area contributed by atoms with Crippen LogP contribution in [0.4, 0.5) is 11.4 Å². The standard InChI is InChI=1S/C10H8ClN5O3/c11-10-8(2-1-3-12-10)14-9(17)6-15-5-7(4-13-15)16(18)19/h1-5H,6H2,(H,14,17). The minimum absolute atomic E-state index is 0.154. The fraction of sp³-hybridized carbons (Fsp3) is 0.100. The van der Waals surface area contributed by atoms with Crippen molar-refractivity contribution in [2.45, 2.75) is 6.54 Å². The number of hydrogen-bond acceptors (Lipinski definition) is 5. The number of pyridine rings is 1. The molecule has 0 bridgehead atoms. The first kappa shape index (κ1) is 13.0. The molecule has 1 N–H and O–H groups in total. The van der Waals surface area contributed by atoms with Gasteiger partial charge < -0.3 is 5.32 Å². The average molecular weight is 282 g/mol. The zero-order valence-corrected chi connectivity index (χ0v) is 10.2. The Balaban J connectivity index is 2.01. The van der Waals surface area contributed by atoms with Crippen LogP contribution >= 0.6 is 11.6 Å². The van der Waals surface area contributed by atoms with E-state index in [-0.39, 0.29) is 17.4 Å². The third-order valence-electron chi connectivity index (χ3n) is 2.17. The summed E-state index contributed by atoms with van der Waals surface area (Å²) in [4.78, 5) is 25.4. The van der Waals surface area contributed by atoms with Gasteiger partial charge in [-0.1, -0.05) is 11.6 Å². The van der Waals surface area contributed by atoms with Crippen LogP contribution in [0.15, 0.2) is 30.7 Å². The van der Waals surface area contributed by atoms with Crippen LogP contribution in [0.1, 0.15) is 0 Å². The summed E-state index contributed by atoms with van der Waals surface area (Å²) in [5, 5.41) is 16.9. The van der Waals surface area contributed by atoms with Gasteiger partial charge in [0.15, 0.2) is 5.15 Å². The summed E-state index contributed by atoms with van der Waals surface area (Å²) in [5.41, 5.74) is 0.197. The number of carbonyl (C=O) groups excluding carboxylic acids is 1. The van der Waals surface area contributed by atoms with Crippen molar-refractivity contribution < 1.29 is 9.72 Å². The number of hydrogen-bond donors (Lipinski definition) is 1. The average Bonchev–Trinajstić information content (AvgIpc) is 2.80. The molecule has 0 aliphatic carbocycles. The molecule has 0 aromatic carbocycles. The summed E-state index contributed by atoms with van der Waals surface area (Å²) >= 11 is 5.78. The maximum absolute atomic E-state index is 11.7. The topological polar surface area (TPSA) is 103 Å². The second kappa shape index (κ2) is 5.44.